The quantitative estimate of drug-likeness (QED) is 0.592. The minimum absolute atomic E-state index is 0.00838. The molecule has 0 saturated heterocycles. The van der Waals surface area contributed by atoms with E-state index in [2.05, 4.69) is 15.6 Å². The van der Waals surface area contributed by atoms with Gasteiger partial charge >= 0.3 is 0 Å². The van der Waals surface area contributed by atoms with Crippen LogP contribution in [0.2, 0.25) is 10.0 Å². The summed E-state index contributed by atoms with van der Waals surface area (Å²) in [6.45, 7) is 1.25. The molecule has 0 aliphatic carbocycles. The van der Waals surface area contributed by atoms with Gasteiger partial charge in [-0.3, -0.25) is 19.2 Å². The van der Waals surface area contributed by atoms with E-state index in [0.717, 1.165) is 4.68 Å². The lowest BCUT2D eigenvalue weighted by atomic mass is 10.0. The van der Waals surface area contributed by atoms with Crippen LogP contribution in [-0.2, 0) is 16.6 Å². The van der Waals surface area contributed by atoms with Crippen molar-refractivity contribution in [1.29, 1.82) is 0 Å². The van der Waals surface area contributed by atoms with Gasteiger partial charge in [0.25, 0.3) is 5.56 Å². The summed E-state index contributed by atoms with van der Waals surface area (Å²) in [7, 11) is 1.37. The van der Waals surface area contributed by atoms with Crippen molar-refractivity contribution in [3.63, 3.8) is 0 Å². The van der Waals surface area contributed by atoms with Crippen LogP contribution in [0.5, 0.6) is 11.6 Å². The van der Waals surface area contributed by atoms with Gasteiger partial charge in [-0.25, -0.2) is 10.1 Å². The molecule has 0 atom stereocenters. The number of aromatic nitrogens is 2. The number of nitrogens with one attached hydrogen (secondary N) is 1. The summed E-state index contributed by atoms with van der Waals surface area (Å²) in [5.41, 5.74) is 1.86. The molecule has 0 fully saturated rings. The lowest BCUT2D eigenvalue weighted by Crippen LogP contribution is -2.33. The first kappa shape index (κ1) is 19.7. The first-order valence-electron chi connectivity index (χ1n) is 7.83. The highest BCUT2D eigenvalue weighted by atomic mass is 35.5. The van der Waals surface area contributed by atoms with E-state index in [4.69, 9.17) is 27.9 Å². The monoisotopic (exact) mass is 422 g/mol. The summed E-state index contributed by atoms with van der Waals surface area (Å²) in [4.78, 5) is 46.7. The van der Waals surface area contributed by atoms with Crippen molar-refractivity contribution in [2.24, 2.45) is 12.1 Å². The Bertz CT molecular complexity index is 1100. The number of Topliss-reactive ketones (excluding diaryl/α,β-unsaturated/α-hetero) is 2. The molecule has 1 N–H and O–H groups in total. The van der Waals surface area contributed by atoms with E-state index in [1.165, 1.54) is 32.2 Å². The smallest absolute Gasteiger partial charge is 0.277 e. The number of ether oxygens (including phenoxy) is 1. The van der Waals surface area contributed by atoms with Crippen molar-refractivity contribution in [1.82, 2.24) is 15.2 Å². The Balaban J connectivity index is 1.99. The van der Waals surface area contributed by atoms with Gasteiger partial charge in [-0.2, -0.15) is 5.10 Å². The number of hydrazone groups is 1. The largest absolute Gasteiger partial charge is 0.434 e. The van der Waals surface area contributed by atoms with E-state index in [0.29, 0.717) is 5.56 Å². The molecule has 3 rings (SSSR count). The fraction of sp³-hybridized carbons (Fsp3) is 0.176. The number of aryl methyl sites for hydroxylation is 1. The Kier molecular flexibility index (Phi) is 5.30. The zero-order valence-corrected chi connectivity index (χ0v) is 16.1. The number of nitrogens with zero attached hydrogens (tertiary/aromatic N) is 3. The fourth-order valence-corrected chi connectivity index (χ4v) is 3.02. The number of carbonyl (C=O) groups excluding carboxylic acids is 3. The van der Waals surface area contributed by atoms with Crippen molar-refractivity contribution in [2.75, 3.05) is 0 Å². The van der Waals surface area contributed by atoms with Gasteiger partial charge in [0.05, 0.1) is 22.0 Å². The molecule has 1 aromatic heterocycles. The Morgan fingerprint density at radius 1 is 1.18 bits per heavy atom. The molecular weight excluding hydrogens is 411 g/mol. The summed E-state index contributed by atoms with van der Waals surface area (Å²) in [5, 5.41) is 7.72. The molecule has 0 bridgehead atoms. The average molecular weight is 423 g/mol. The summed E-state index contributed by atoms with van der Waals surface area (Å²) in [6, 6.07) is 3.98. The second-order valence-electron chi connectivity index (χ2n) is 5.85. The summed E-state index contributed by atoms with van der Waals surface area (Å²) < 4.78 is 6.53. The van der Waals surface area contributed by atoms with E-state index in [-0.39, 0.29) is 39.4 Å². The van der Waals surface area contributed by atoms with E-state index >= 15 is 0 Å². The van der Waals surface area contributed by atoms with Crippen molar-refractivity contribution in [3.05, 3.63) is 49.7 Å². The molecule has 144 valence electrons. The third-order valence-electron chi connectivity index (χ3n) is 3.78. The van der Waals surface area contributed by atoms with Crippen LogP contribution in [0.25, 0.3) is 0 Å². The Morgan fingerprint density at radius 3 is 2.39 bits per heavy atom. The Morgan fingerprint density at radius 2 is 1.82 bits per heavy atom. The van der Waals surface area contributed by atoms with Crippen molar-refractivity contribution in [2.45, 2.75) is 13.3 Å². The predicted molar refractivity (Wildman–Crippen MR) is 100 cm³/mol. The van der Waals surface area contributed by atoms with Crippen LogP contribution in [0.15, 0.2) is 28.1 Å². The molecule has 0 spiro atoms. The highest BCUT2D eigenvalue weighted by Crippen LogP contribution is 2.37. The van der Waals surface area contributed by atoms with Gasteiger partial charge in [0.1, 0.15) is 5.71 Å². The maximum atomic E-state index is 12.0. The molecule has 1 aromatic carbocycles. The summed E-state index contributed by atoms with van der Waals surface area (Å²) in [6.07, 6.45) is -0.331. The number of rotatable bonds is 4. The second kappa shape index (κ2) is 7.53. The molecule has 11 heteroatoms. The van der Waals surface area contributed by atoms with Crippen LogP contribution in [0, 0.1) is 0 Å². The minimum atomic E-state index is -0.566. The topological polar surface area (TPSA) is 120 Å². The van der Waals surface area contributed by atoms with Crippen molar-refractivity contribution < 1.29 is 19.1 Å². The van der Waals surface area contributed by atoms with Crippen molar-refractivity contribution >= 4 is 46.4 Å². The number of hydrogen-bond donors (Lipinski definition) is 1. The average Bonchev–Trinajstić information content (AvgIpc) is 2.60. The molecular formula is C17H12Cl2N4O5. The zero-order valence-electron chi connectivity index (χ0n) is 14.6. The van der Waals surface area contributed by atoms with Crippen LogP contribution in [-0.4, -0.2) is 33.0 Å². The molecule has 2 heterocycles. The van der Waals surface area contributed by atoms with E-state index < -0.39 is 23.0 Å². The fourth-order valence-electron chi connectivity index (χ4n) is 2.46. The molecule has 1 amide bonds. The maximum Gasteiger partial charge on any atom is 0.277 e. The second-order valence-corrected chi connectivity index (χ2v) is 6.66. The van der Waals surface area contributed by atoms with Crippen molar-refractivity contribution in [3.8, 4) is 11.6 Å². The van der Waals surface area contributed by atoms with Crippen LogP contribution in [0.4, 0.5) is 0 Å². The van der Waals surface area contributed by atoms with E-state index in [1.54, 1.807) is 0 Å². The van der Waals surface area contributed by atoms with Gasteiger partial charge in [-0.05, 0) is 19.1 Å². The van der Waals surface area contributed by atoms with Crippen LogP contribution in [0.3, 0.4) is 0 Å². The third-order valence-corrected chi connectivity index (χ3v) is 4.34. The lowest BCUT2D eigenvalue weighted by molar-refractivity contribution is -0.126. The number of hydrogen-bond acceptors (Lipinski definition) is 7. The summed E-state index contributed by atoms with van der Waals surface area (Å²) >= 11 is 12.5. The number of carbonyl (C=O) groups is 3. The SMILES string of the molecule is CC(=O)c1cc(Oc2c(Cl)cc(C3=NNC(=O)CC3=O)cc2Cl)nn(C)c1=O. The first-order valence-corrected chi connectivity index (χ1v) is 8.59. The summed E-state index contributed by atoms with van der Waals surface area (Å²) in [5.74, 6) is -1.48. The molecule has 2 aromatic rings. The molecule has 1 aliphatic heterocycles. The van der Waals surface area contributed by atoms with Crippen LogP contribution in [0.1, 0.15) is 29.3 Å². The predicted octanol–water partition coefficient (Wildman–Crippen LogP) is 1.88. The Labute approximate surface area is 167 Å². The van der Waals surface area contributed by atoms with Gasteiger partial charge in [0.15, 0.2) is 17.3 Å². The number of amides is 1. The van der Waals surface area contributed by atoms with Crippen LogP contribution < -0.4 is 15.7 Å². The lowest BCUT2D eigenvalue weighted by Gasteiger charge is -2.14. The molecule has 0 saturated carbocycles. The Hall–Kier alpha value is -3.04. The molecule has 28 heavy (non-hydrogen) atoms. The number of halogens is 2. The highest BCUT2D eigenvalue weighted by molar-refractivity contribution is 6.50. The van der Waals surface area contributed by atoms with Gasteiger partial charge in [-0.15, -0.1) is 5.10 Å². The van der Waals surface area contributed by atoms with Gasteiger partial charge < -0.3 is 4.74 Å². The normalized spacial score (nSPS) is 13.8. The highest BCUT2D eigenvalue weighted by Gasteiger charge is 2.24. The maximum absolute atomic E-state index is 12.0. The zero-order chi connectivity index (χ0) is 20.6. The van der Waals surface area contributed by atoms with E-state index in [1.807, 2.05) is 0 Å². The standard InChI is InChI=1S/C17H12Cl2N4O5/c1-7(24)9-5-14(22-23(2)17(9)27)28-16-10(18)3-8(4-11(16)19)15-12(25)6-13(26)20-21-15/h3-5H,6H2,1-2H3,(H,20,26). The molecule has 1 aliphatic rings. The number of benzene rings is 1. The molecule has 9 nitrogen and oxygen atoms in total. The third kappa shape index (κ3) is 3.80. The molecule has 0 unspecified atom stereocenters. The minimum Gasteiger partial charge on any atom is -0.434 e. The van der Waals surface area contributed by atoms with Gasteiger partial charge in [0.2, 0.25) is 11.8 Å². The molecule has 0 radical (unpaired) electrons. The van der Waals surface area contributed by atoms with Gasteiger partial charge in [-0.1, -0.05) is 23.2 Å². The van der Waals surface area contributed by atoms with Crippen LogP contribution >= 0.6 is 23.2 Å². The first-order chi connectivity index (χ1) is 13.2. The van der Waals surface area contributed by atoms with Gasteiger partial charge in [0, 0.05) is 18.7 Å². The van der Waals surface area contributed by atoms with E-state index in [9.17, 15) is 19.2 Å². The number of ketones is 2.